The van der Waals surface area contributed by atoms with Crippen LogP contribution in [0.1, 0.15) is 56.1 Å². The molecule has 3 aromatic rings. The van der Waals surface area contributed by atoms with Gasteiger partial charge in [0.1, 0.15) is 0 Å². The van der Waals surface area contributed by atoms with Gasteiger partial charge in [-0.3, -0.25) is 9.59 Å². The van der Waals surface area contributed by atoms with Crippen LogP contribution in [0.2, 0.25) is 10.0 Å². The van der Waals surface area contributed by atoms with Gasteiger partial charge < -0.3 is 20.1 Å². The summed E-state index contributed by atoms with van der Waals surface area (Å²) in [6.45, 7) is 6.53. The molecule has 1 aromatic heterocycles. The van der Waals surface area contributed by atoms with Gasteiger partial charge in [-0.05, 0) is 111 Å². The van der Waals surface area contributed by atoms with Gasteiger partial charge in [0, 0.05) is 48.9 Å². The molecule has 206 valence electrons. The first kappa shape index (κ1) is 27.8. The summed E-state index contributed by atoms with van der Waals surface area (Å²) in [6, 6.07) is 11.5. The molecule has 2 aliphatic rings. The Labute approximate surface area is 240 Å². The number of piperidine rings is 2. The highest BCUT2D eigenvalue weighted by Gasteiger charge is 2.25. The molecule has 0 atom stereocenters. The molecule has 5 rings (SSSR count). The Bertz CT molecular complexity index is 1350. The standard InChI is InChI=1S/C31H36Cl2N4O2/c1-21(38)35-25-4-6-30-26(19-25)27(20-34-30)24-11-14-36(15-12-24)13-8-22-9-16-37(17-10-22)31(39)7-3-23-2-5-28(32)29(33)18-23/h2-7,18-20,22,24,34H,8-17H2,1H3,(H,35,38)/b7-3+. The third-order valence-corrected chi connectivity index (χ3v) is 8.94. The predicted octanol–water partition coefficient (Wildman–Crippen LogP) is 6.95. The number of hydrogen-bond acceptors (Lipinski definition) is 3. The molecule has 2 fully saturated rings. The third kappa shape index (κ3) is 7.05. The number of H-pyrrole nitrogens is 1. The average Bonchev–Trinajstić information content (AvgIpc) is 3.36. The molecule has 0 spiro atoms. The van der Waals surface area contributed by atoms with Gasteiger partial charge in [0.2, 0.25) is 11.8 Å². The summed E-state index contributed by atoms with van der Waals surface area (Å²) < 4.78 is 0. The Balaban J connectivity index is 1.05. The van der Waals surface area contributed by atoms with Crippen molar-refractivity contribution < 1.29 is 9.59 Å². The maximum atomic E-state index is 12.7. The smallest absolute Gasteiger partial charge is 0.246 e. The number of nitrogens with zero attached hydrogens (tertiary/aromatic N) is 2. The van der Waals surface area contributed by atoms with Crippen molar-refractivity contribution in [3.8, 4) is 0 Å². The normalized spacial score (nSPS) is 17.8. The Morgan fingerprint density at radius 2 is 1.77 bits per heavy atom. The fraction of sp³-hybridized carbons (Fsp3) is 0.419. The molecule has 0 saturated carbocycles. The first-order valence-corrected chi connectivity index (χ1v) is 14.6. The minimum absolute atomic E-state index is 0.0474. The SMILES string of the molecule is CC(=O)Nc1ccc2[nH]cc(C3CCN(CCC4CCN(C(=O)/C=C/c5ccc(Cl)c(Cl)c5)CC4)CC3)c2c1. The zero-order chi connectivity index (χ0) is 27.4. The van der Waals surface area contributed by atoms with E-state index in [2.05, 4.69) is 27.5 Å². The van der Waals surface area contributed by atoms with Crippen LogP contribution in [0.15, 0.2) is 48.7 Å². The monoisotopic (exact) mass is 566 g/mol. The van der Waals surface area contributed by atoms with Gasteiger partial charge in [0.15, 0.2) is 0 Å². The minimum atomic E-state index is -0.0474. The first-order valence-electron chi connectivity index (χ1n) is 13.9. The first-order chi connectivity index (χ1) is 18.9. The zero-order valence-electron chi connectivity index (χ0n) is 22.4. The van der Waals surface area contributed by atoms with E-state index in [4.69, 9.17) is 23.2 Å². The lowest BCUT2D eigenvalue weighted by Gasteiger charge is -2.35. The van der Waals surface area contributed by atoms with Gasteiger partial charge in [0.25, 0.3) is 0 Å². The van der Waals surface area contributed by atoms with Gasteiger partial charge in [-0.15, -0.1) is 0 Å². The number of hydrogen-bond donors (Lipinski definition) is 2. The summed E-state index contributed by atoms with van der Waals surface area (Å²) in [6.07, 6.45) is 11.2. The molecule has 2 amide bonds. The van der Waals surface area contributed by atoms with Crippen molar-refractivity contribution in [3.05, 3.63) is 69.8 Å². The van der Waals surface area contributed by atoms with E-state index in [9.17, 15) is 9.59 Å². The van der Waals surface area contributed by atoms with Crippen LogP contribution in [0.3, 0.4) is 0 Å². The van der Waals surface area contributed by atoms with E-state index in [0.717, 1.165) is 75.2 Å². The van der Waals surface area contributed by atoms with Gasteiger partial charge in [-0.25, -0.2) is 0 Å². The van der Waals surface area contributed by atoms with Crippen molar-refractivity contribution in [3.63, 3.8) is 0 Å². The van der Waals surface area contributed by atoms with E-state index in [-0.39, 0.29) is 11.8 Å². The van der Waals surface area contributed by atoms with E-state index in [1.807, 2.05) is 23.1 Å². The summed E-state index contributed by atoms with van der Waals surface area (Å²) >= 11 is 12.0. The topological polar surface area (TPSA) is 68.4 Å². The number of nitrogens with one attached hydrogen (secondary N) is 2. The fourth-order valence-corrected chi connectivity index (χ4v) is 6.23. The number of amides is 2. The molecule has 2 N–H and O–H groups in total. The minimum Gasteiger partial charge on any atom is -0.361 e. The molecule has 0 bridgehead atoms. The molecule has 3 heterocycles. The van der Waals surface area contributed by atoms with E-state index >= 15 is 0 Å². The average molecular weight is 568 g/mol. The van der Waals surface area contributed by atoms with E-state index in [1.54, 1.807) is 31.2 Å². The highest BCUT2D eigenvalue weighted by atomic mass is 35.5. The van der Waals surface area contributed by atoms with Crippen molar-refractivity contribution in [1.82, 2.24) is 14.8 Å². The maximum Gasteiger partial charge on any atom is 0.246 e. The molecule has 39 heavy (non-hydrogen) atoms. The number of carbonyl (C=O) groups is 2. The van der Waals surface area contributed by atoms with Crippen molar-refractivity contribution in [2.75, 3.05) is 38.0 Å². The molecule has 2 aromatic carbocycles. The summed E-state index contributed by atoms with van der Waals surface area (Å²) in [5.74, 6) is 1.22. The molecular weight excluding hydrogens is 531 g/mol. The second kappa shape index (κ2) is 12.6. The van der Waals surface area contributed by atoms with Crippen molar-refractivity contribution in [2.24, 2.45) is 5.92 Å². The van der Waals surface area contributed by atoms with Crippen LogP contribution in [0.4, 0.5) is 5.69 Å². The molecular formula is C31H36Cl2N4O2. The number of aromatic amines is 1. The Morgan fingerprint density at radius 1 is 1.00 bits per heavy atom. The van der Waals surface area contributed by atoms with E-state index in [1.165, 1.54) is 17.4 Å². The lowest BCUT2D eigenvalue weighted by molar-refractivity contribution is -0.127. The van der Waals surface area contributed by atoms with Crippen LogP contribution in [0.25, 0.3) is 17.0 Å². The lowest BCUT2D eigenvalue weighted by atomic mass is 9.88. The summed E-state index contributed by atoms with van der Waals surface area (Å²) in [5, 5.41) is 5.12. The van der Waals surface area contributed by atoms with Crippen LogP contribution >= 0.6 is 23.2 Å². The number of aromatic nitrogens is 1. The highest BCUT2D eigenvalue weighted by molar-refractivity contribution is 6.42. The Morgan fingerprint density at radius 3 is 2.49 bits per heavy atom. The van der Waals surface area contributed by atoms with Crippen molar-refractivity contribution >= 4 is 57.7 Å². The van der Waals surface area contributed by atoms with E-state index < -0.39 is 0 Å². The summed E-state index contributed by atoms with van der Waals surface area (Å²) in [5.41, 5.74) is 4.21. The van der Waals surface area contributed by atoms with Crippen LogP contribution in [0.5, 0.6) is 0 Å². The van der Waals surface area contributed by atoms with Crippen LogP contribution < -0.4 is 5.32 Å². The van der Waals surface area contributed by atoms with Crippen molar-refractivity contribution in [1.29, 1.82) is 0 Å². The quantitative estimate of drug-likeness (QED) is 0.304. The largest absolute Gasteiger partial charge is 0.361 e. The summed E-state index contributed by atoms with van der Waals surface area (Å²) in [7, 11) is 0. The van der Waals surface area contributed by atoms with Gasteiger partial charge in [-0.2, -0.15) is 0 Å². The Kier molecular flexibility index (Phi) is 8.96. The van der Waals surface area contributed by atoms with Crippen LogP contribution in [-0.4, -0.2) is 59.3 Å². The van der Waals surface area contributed by atoms with Gasteiger partial charge >= 0.3 is 0 Å². The number of carbonyl (C=O) groups excluding carboxylic acids is 2. The number of fused-ring (bicyclic) bond motifs is 1. The number of rotatable bonds is 7. The third-order valence-electron chi connectivity index (χ3n) is 8.20. The van der Waals surface area contributed by atoms with Gasteiger partial charge in [-0.1, -0.05) is 29.3 Å². The van der Waals surface area contributed by atoms with Crippen LogP contribution in [-0.2, 0) is 9.59 Å². The highest BCUT2D eigenvalue weighted by Crippen LogP contribution is 2.35. The molecule has 0 radical (unpaired) electrons. The number of halogens is 2. The molecule has 8 heteroatoms. The molecule has 2 saturated heterocycles. The molecule has 0 aliphatic carbocycles. The van der Waals surface area contributed by atoms with E-state index in [0.29, 0.717) is 21.9 Å². The zero-order valence-corrected chi connectivity index (χ0v) is 23.9. The fourth-order valence-electron chi connectivity index (χ4n) is 5.92. The predicted molar refractivity (Wildman–Crippen MR) is 160 cm³/mol. The summed E-state index contributed by atoms with van der Waals surface area (Å²) in [4.78, 5) is 32.1. The molecule has 2 aliphatic heterocycles. The molecule has 0 unspecified atom stereocenters. The number of anilines is 1. The second-order valence-corrected chi connectivity index (χ2v) is 11.7. The maximum absolute atomic E-state index is 12.7. The number of likely N-dealkylation sites (tertiary alicyclic amines) is 2. The van der Waals surface area contributed by atoms with Crippen molar-refractivity contribution in [2.45, 2.75) is 44.9 Å². The number of benzene rings is 2. The second-order valence-electron chi connectivity index (χ2n) is 10.9. The lowest BCUT2D eigenvalue weighted by Crippen LogP contribution is -2.39. The van der Waals surface area contributed by atoms with Gasteiger partial charge in [0.05, 0.1) is 10.0 Å². The molecule has 6 nitrogen and oxygen atoms in total. The Hall–Kier alpha value is -2.80. The van der Waals surface area contributed by atoms with Crippen LogP contribution in [0, 0.1) is 5.92 Å².